The molecule has 1 aromatic rings. The van der Waals surface area contributed by atoms with E-state index in [9.17, 15) is 8.42 Å². The van der Waals surface area contributed by atoms with Crippen molar-refractivity contribution in [2.45, 2.75) is 49.5 Å². The van der Waals surface area contributed by atoms with E-state index in [4.69, 9.17) is 0 Å². The Labute approximate surface area is 129 Å². The summed E-state index contributed by atoms with van der Waals surface area (Å²) in [5.41, 5.74) is 0. The van der Waals surface area contributed by atoms with Crippen LogP contribution < -0.4 is 10.0 Å². The molecule has 2 rings (SSSR count). The molecule has 1 aromatic heterocycles. The number of thioether (sulfide) groups is 1. The lowest BCUT2D eigenvalue weighted by molar-refractivity contribution is 0.545. The van der Waals surface area contributed by atoms with Gasteiger partial charge in [-0.05, 0) is 30.7 Å². The average Bonchev–Trinajstić information content (AvgIpc) is 2.86. The minimum atomic E-state index is -3.35. The van der Waals surface area contributed by atoms with E-state index >= 15 is 0 Å². The third-order valence-electron chi connectivity index (χ3n) is 3.07. The van der Waals surface area contributed by atoms with Crippen molar-refractivity contribution in [2.75, 3.05) is 11.5 Å². The van der Waals surface area contributed by atoms with Gasteiger partial charge in [-0.2, -0.15) is 11.8 Å². The van der Waals surface area contributed by atoms with Crippen LogP contribution in [0.1, 0.15) is 31.6 Å². The normalized spacial score (nSPS) is 20.4. The molecule has 0 amide bonds. The number of rotatable bonds is 6. The molecule has 0 aliphatic carbocycles. The Balaban J connectivity index is 1.98. The molecule has 1 aliphatic rings. The minimum Gasteiger partial charge on any atom is -0.310 e. The van der Waals surface area contributed by atoms with Crippen LogP contribution in [0.25, 0.3) is 0 Å². The zero-order valence-corrected chi connectivity index (χ0v) is 14.3. The third-order valence-corrected chi connectivity index (χ3v) is 7.38. The van der Waals surface area contributed by atoms with E-state index in [1.807, 2.05) is 17.8 Å². The molecular weight excluding hydrogens is 312 g/mol. The van der Waals surface area contributed by atoms with Crippen LogP contribution in [0.15, 0.2) is 16.3 Å². The van der Waals surface area contributed by atoms with E-state index in [1.165, 1.54) is 11.3 Å². The van der Waals surface area contributed by atoms with Gasteiger partial charge in [0.1, 0.15) is 4.21 Å². The van der Waals surface area contributed by atoms with Crippen molar-refractivity contribution in [3.63, 3.8) is 0 Å². The van der Waals surface area contributed by atoms with Crippen LogP contribution in [0.5, 0.6) is 0 Å². The number of sulfonamides is 1. The summed E-state index contributed by atoms with van der Waals surface area (Å²) in [6, 6.07) is 4.08. The second kappa shape index (κ2) is 7.26. The van der Waals surface area contributed by atoms with Gasteiger partial charge < -0.3 is 5.32 Å². The zero-order chi connectivity index (χ0) is 14.6. The van der Waals surface area contributed by atoms with Gasteiger partial charge in [-0.1, -0.05) is 13.8 Å². The second-order valence-corrected chi connectivity index (χ2v) is 9.55. The summed E-state index contributed by atoms with van der Waals surface area (Å²) in [4.78, 5) is 1.05. The standard InChI is InChI=1S/C13H22N2O2S3/c1-10(2)14-8-12-5-6-13(19-12)20(16,17)15-11-4-3-7-18-9-11/h5-6,10-11,14-15H,3-4,7-9H2,1-2H3. The van der Waals surface area contributed by atoms with Gasteiger partial charge >= 0.3 is 0 Å². The quantitative estimate of drug-likeness (QED) is 0.839. The maximum absolute atomic E-state index is 12.3. The van der Waals surface area contributed by atoms with Gasteiger partial charge in [0.15, 0.2) is 0 Å². The molecule has 0 aromatic carbocycles. The molecular formula is C13H22N2O2S3. The summed E-state index contributed by atoms with van der Waals surface area (Å²) >= 11 is 3.17. The van der Waals surface area contributed by atoms with Gasteiger partial charge in [0.05, 0.1) is 0 Å². The lowest BCUT2D eigenvalue weighted by Crippen LogP contribution is -2.37. The molecule has 1 aliphatic heterocycles. The van der Waals surface area contributed by atoms with Crippen LogP contribution in [-0.4, -0.2) is 32.0 Å². The highest BCUT2D eigenvalue weighted by atomic mass is 32.2. The highest BCUT2D eigenvalue weighted by molar-refractivity contribution is 7.99. The monoisotopic (exact) mass is 334 g/mol. The fraction of sp³-hybridized carbons (Fsp3) is 0.692. The third kappa shape index (κ3) is 4.73. The van der Waals surface area contributed by atoms with Crippen molar-refractivity contribution in [1.29, 1.82) is 0 Å². The van der Waals surface area contributed by atoms with Crippen LogP contribution >= 0.6 is 23.1 Å². The lowest BCUT2D eigenvalue weighted by Gasteiger charge is -2.21. The predicted molar refractivity (Wildman–Crippen MR) is 87.0 cm³/mol. The second-order valence-electron chi connectivity index (χ2n) is 5.29. The molecule has 1 fully saturated rings. The number of hydrogen-bond acceptors (Lipinski definition) is 5. The summed E-state index contributed by atoms with van der Waals surface area (Å²) in [5.74, 6) is 2.02. The average molecular weight is 335 g/mol. The molecule has 1 saturated heterocycles. The van der Waals surface area contributed by atoms with Crippen molar-refractivity contribution in [2.24, 2.45) is 0 Å². The summed E-state index contributed by atoms with van der Waals surface area (Å²) in [7, 11) is -3.35. The van der Waals surface area contributed by atoms with Crippen molar-refractivity contribution in [1.82, 2.24) is 10.0 Å². The fourth-order valence-corrected chi connectivity index (χ4v) is 5.78. The van der Waals surface area contributed by atoms with E-state index in [1.54, 1.807) is 6.07 Å². The molecule has 0 bridgehead atoms. The smallest absolute Gasteiger partial charge is 0.250 e. The Morgan fingerprint density at radius 2 is 2.20 bits per heavy atom. The lowest BCUT2D eigenvalue weighted by atomic mass is 10.2. The first-order valence-electron chi connectivity index (χ1n) is 6.89. The Kier molecular flexibility index (Phi) is 5.92. The van der Waals surface area contributed by atoms with Gasteiger partial charge in [0, 0.05) is 29.3 Å². The summed E-state index contributed by atoms with van der Waals surface area (Å²) < 4.78 is 27.9. The van der Waals surface area contributed by atoms with Gasteiger partial charge in [0.25, 0.3) is 0 Å². The van der Waals surface area contributed by atoms with Crippen LogP contribution in [0.2, 0.25) is 0 Å². The van der Waals surface area contributed by atoms with Gasteiger partial charge in [0.2, 0.25) is 10.0 Å². The first kappa shape index (κ1) is 16.3. The number of thiophene rings is 1. The molecule has 7 heteroatoms. The maximum atomic E-state index is 12.3. The summed E-state index contributed by atoms with van der Waals surface area (Å²) in [6.45, 7) is 4.87. The molecule has 2 N–H and O–H groups in total. The first-order valence-corrected chi connectivity index (χ1v) is 10.3. The Morgan fingerprint density at radius 1 is 1.40 bits per heavy atom. The predicted octanol–water partition coefficient (Wildman–Crippen LogP) is 2.42. The molecule has 0 radical (unpaired) electrons. The van der Waals surface area contributed by atoms with E-state index in [2.05, 4.69) is 23.9 Å². The number of nitrogens with one attached hydrogen (secondary N) is 2. The molecule has 4 nitrogen and oxygen atoms in total. The van der Waals surface area contributed by atoms with E-state index < -0.39 is 10.0 Å². The van der Waals surface area contributed by atoms with Gasteiger partial charge in [-0.25, -0.2) is 13.1 Å². The SMILES string of the molecule is CC(C)NCc1ccc(S(=O)(=O)NC2CCCSC2)s1. The highest BCUT2D eigenvalue weighted by Gasteiger charge is 2.23. The summed E-state index contributed by atoms with van der Waals surface area (Å²) in [6.07, 6.45) is 2.03. The van der Waals surface area contributed by atoms with Gasteiger partial charge in [-0.3, -0.25) is 0 Å². The van der Waals surface area contributed by atoms with Crippen molar-refractivity contribution < 1.29 is 8.42 Å². The first-order chi connectivity index (χ1) is 9.47. The van der Waals surface area contributed by atoms with Crippen LogP contribution in [0.3, 0.4) is 0 Å². The molecule has 0 spiro atoms. The van der Waals surface area contributed by atoms with Crippen LogP contribution in [-0.2, 0) is 16.6 Å². The molecule has 20 heavy (non-hydrogen) atoms. The highest BCUT2D eigenvalue weighted by Crippen LogP contribution is 2.24. The Morgan fingerprint density at radius 3 is 2.85 bits per heavy atom. The van der Waals surface area contributed by atoms with E-state index in [-0.39, 0.29) is 6.04 Å². The molecule has 1 atom stereocenters. The fourth-order valence-electron chi connectivity index (χ4n) is 2.01. The van der Waals surface area contributed by atoms with Crippen molar-refractivity contribution in [3.8, 4) is 0 Å². The molecule has 2 heterocycles. The number of hydrogen-bond donors (Lipinski definition) is 2. The Bertz CT molecular complexity index is 519. The zero-order valence-electron chi connectivity index (χ0n) is 11.9. The maximum Gasteiger partial charge on any atom is 0.250 e. The summed E-state index contributed by atoms with van der Waals surface area (Å²) in [5, 5.41) is 3.30. The van der Waals surface area contributed by atoms with E-state index in [0.29, 0.717) is 10.3 Å². The molecule has 0 saturated carbocycles. The van der Waals surface area contributed by atoms with Crippen LogP contribution in [0.4, 0.5) is 0 Å². The largest absolute Gasteiger partial charge is 0.310 e. The minimum absolute atomic E-state index is 0.0816. The topological polar surface area (TPSA) is 58.2 Å². The van der Waals surface area contributed by atoms with E-state index in [0.717, 1.165) is 35.8 Å². The van der Waals surface area contributed by atoms with Gasteiger partial charge in [-0.15, -0.1) is 11.3 Å². The van der Waals surface area contributed by atoms with Crippen LogP contribution in [0, 0.1) is 0 Å². The Hall–Kier alpha value is -0.0800. The van der Waals surface area contributed by atoms with Crippen molar-refractivity contribution in [3.05, 3.63) is 17.0 Å². The molecule has 1 unspecified atom stereocenters. The van der Waals surface area contributed by atoms with Crippen molar-refractivity contribution >= 4 is 33.1 Å². The molecule has 114 valence electrons.